The van der Waals surface area contributed by atoms with E-state index in [1.54, 1.807) is 0 Å². The fourth-order valence-corrected chi connectivity index (χ4v) is 0.371. The number of rotatable bonds is 3. The summed E-state index contributed by atoms with van der Waals surface area (Å²) in [6, 6.07) is 0. The summed E-state index contributed by atoms with van der Waals surface area (Å²) in [6.07, 6.45) is 0.752. The highest BCUT2D eigenvalue weighted by Gasteiger charge is 2.01. The molecule has 0 bridgehead atoms. The Morgan fingerprint density at radius 1 is 1.67 bits per heavy atom. The molecular weight excluding hydrogens is 118 g/mol. The first-order valence-electron chi connectivity index (χ1n) is 2.83. The molecule has 0 aromatic heterocycles. The predicted molar refractivity (Wildman–Crippen MR) is 34.7 cm³/mol. The fraction of sp³-hybridized carbons (Fsp3) is 0.667. The molecule has 9 heavy (non-hydrogen) atoms. The van der Waals surface area contributed by atoms with Gasteiger partial charge in [-0.2, -0.15) is 0 Å². The van der Waals surface area contributed by atoms with Gasteiger partial charge in [-0.15, -0.1) is 0 Å². The van der Waals surface area contributed by atoms with Gasteiger partial charge in [0.25, 0.3) is 0 Å². The molecule has 3 nitrogen and oxygen atoms in total. The smallest absolute Gasteiger partial charge is 0.311 e. The molecule has 0 rings (SSSR count). The Balaban J connectivity index is 3.47. The van der Waals surface area contributed by atoms with Crippen molar-refractivity contribution in [3.8, 4) is 0 Å². The predicted octanol–water partition coefficient (Wildman–Crippen LogP) is 0.979. The van der Waals surface area contributed by atoms with Gasteiger partial charge in [-0.1, -0.05) is 6.92 Å². The van der Waals surface area contributed by atoms with Gasteiger partial charge in [-0.25, -0.2) is 0 Å². The fourth-order valence-electron chi connectivity index (χ4n) is 0.371. The zero-order valence-corrected chi connectivity index (χ0v) is 5.73. The van der Waals surface area contributed by atoms with Gasteiger partial charge in [0.15, 0.2) is 0 Å². The van der Waals surface area contributed by atoms with Gasteiger partial charge in [0.1, 0.15) is 0 Å². The molecule has 3 heteroatoms. The standard InChI is InChI=1S/C6H11NO2/c1-3-5(7)4-6(8)9-2/h7H,3-4H2,1-2H3. The number of methoxy groups -OCH3 is 1. The van der Waals surface area contributed by atoms with Gasteiger partial charge in [-0.05, 0) is 6.42 Å². The molecule has 0 spiro atoms. The van der Waals surface area contributed by atoms with Crippen molar-refractivity contribution in [2.24, 2.45) is 0 Å². The third-order valence-corrected chi connectivity index (χ3v) is 1.01. The summed E-state index contributed by atoms with van der Waals surface area (Å²) < 4.78 is 4.34. The summed E-state index contributed by atoms with van der Waals surface area (Å²) in [5.41, 5.74) is 0.418. The van der Waals surface area contributed by atoms with Gasteiger partial charge in [0, 0.05) is 5.71 Å². The Labute approximate surface area is 54.5 Å². The minimum Gasteiger partial charge on any atom is -0.469 e. The average Bonchev–Trinajstić information content (AvgIpc) is 1.87. The van der Waals surface area contributed by atoms with E-state index in [4.69, 9.17) is 5.41 Å². The summed E-state index contributed by atoms with van der Waals surface area (Å²) >= 11 is 0. The Morgan fingerprint density at radius 2 is 2.22 bits per heavy atom. The lowest BCUT2D eigenvalue weighted by Gasteiger charge is -1.96. The minimum atomic E-state index is -0.332. The van der Waals surface area contributed by atoms with Crippen molar-refractivity contribution in [3.63, 3.8) is 0 Å². The van der Waals surface area contributed by atoms with Crippen molar-refractivity contribution in [2.75, 3.05) is 7.11 Å². The Bertz CT molecular complexity index is 106. The maximum absolute atomic E-state index is 10.4. The van der Waals surface area contributed by atoms with E-state index >= 15 is 0 Å². The quantitative estimate of drug-likeness (QED) is 0.456. The highest BCUT2D eigenvalue weighted by molar-refractivity contribution is 5.96. The van der Waals surface area contributed by atoms with E-state index in [0.29, 0.717) is 12.1 Å². The molecule has 52 valence electrons. The van der Waals surface area contributed by atoms with Gasteiger partial charge in [-0.3, -0.25) is 4.79 Å². The Morgan fingerprint density at radius 3 is 2.56 bits per heavy atom. The number of hydrogen-bond acceptors (Lipinski definition) is 3. The van der Waals surface area contributed by atoms with E-state index in [9.17, 15) is 4.79 Å². The highest BCUT2D eigenvalue weighted by atomic mass is 16.5. The second kappa shape index (κ2) is 4.06. The van der Waals surface area contributed by atoms with Crippen LogP contribution in [0.3, 0.4) is 0 Å². The maximum Gasteiger partial charge on any atom is 0.311 e. The van der Waals surface area contributed by atoms with E-state index in [1.807, 2.05) is 6.92 Å². The Kier molecular flexibility index (Phi) is 3.67. The van der Waals surface area contributed by atoms with Crippen molar-refractivity contribution in [3.05, 3.63) is 0 Å². The van der Waals surface area contributed by atoms with Crippen molar-refractivity contribution in [1.82, 2.24) is 0 Å². The van der Waals surface area contributed by atoms with Crippen LogP contribution in [0.1, 0.15) is 19.8 Å². The van der Waals surface area contributed by atoms with Crippen LogP contribution in [0.15, 0.2) is 0 Å². The molecule has 0 aliphatic heterocycles. The van der Waals surface area contributed by atoms with Crippen molar-refractivity contribution >= 4 is 11.7 Å². The molecule has 0 saturated carbocycles. The van der Waals surface area contributed by atoms with Crippen molar-refractivity contribution in [2.45, 2.75) is 19.8 Å². The van der Waals surface area contributed by atoms with Crippen LogP contribution in [0.25, 0.3) is 0 Å². The van der Waals surface area contributed by atoms with Gasteiger partial charge in [0.05, 0.1) is 13.5 Å². The summed E-state index contributed by atoms with van der Waals surface area (Å²) in [4.78, 5) is 10.4. The molecule has 0 aromatic carbocycles. The third kappa shape index (κ3) is 3.70. The van der Waals surface area contributed by atoms with E-state index < -0.39 is 0 Å². The molecule has 0 aliphatic rings. The molecular formula is C6H11NO2. The number of nitrogens with one attached hydrogen (secondary N) is 1. The van der Waals surface area contributed by atoms with Crippen LogP contribution in [0.2, 0.25) is 0 Å². The summed E-state index contributed by atoms with van der Waals surface area (Å²) in [5, 5.41) is 7.07. The van der Waals surface area contributed by atoms with Crippen LogP contribution < -0.4 is 0 Å². The third-order valence-electron chi connectivity index (χ3n) is 1.01. The molecule has 0 fully saturated rings. The first kappa shape index (κ1) is 8.14. The second-order valence-electron chi connectivity index (χ2n) is 1.71. The molecule has 0 radical (unpaired) electrons. The SMILES string of the molecule is CCC(=N)CC(=O)OC. The number of esters is 1. The van der Waals surface area contributed by atoms with Gasteiger partial charge >= 0.3 is 5.97 Å². The zero-order valence-electron chi connectivity index (χ0n) is 5.73. The average molecular weight is 129 g/mol. The lowest BCUT2D eigenvalue weighted by molar-refractivity contribution is -0.139. The first-order valence-corrected chi connectivity index (χ1v) is 2.83. The largest absolute Gasteiger partial charge is 0.469 e. The zero-order chi connectivity index (χ0) is 7.28. The lowest BCUT2D eigenvalue weighted by atomic mass is 10.2. The normalized spacial score (nSPS) is 8.67. The molecule has 0 saturated heterocycles. The number of carbonyl (C=O) groups is 1. The number of carbonyl (C=O) groups excluding carboxylic acids is 1. The maximum atomic E-state index is 10.4. The van der Waals surface area contributed by atoms with Gasteiger partial charge < -0.3 is 10.1 Å². The summed E-state index contributed by atoms with van der Waals surface area (Å²) in [5.74, 6) is -0.332. The van der Waals surface area contributed by atoms with Crippen LogP contribution in [-0.4, -0.2) is 18.8 Å². The molecule has 0 heterocycles. The van der Waals surface area contributed by atoms with Crippen LogP contribution >= 0.6 is 0 Å². The number of hydrogen-bond donors (Lipinski definition) is 1. The topological polar surface area (TPSA) is 50.2 Å². The van der Waals surface area contributed by atoms with Crippen LogP contribution in [0.5, 0.6) is 0 Å². The molecule has 0 amide bonds. The molecule has 1 N–H and O–H groups in total. The monoisotopic (exact) mass is 129 g/mol. The van der Waals surface area contributed by atoms with Crippen LogP contribution in [0, 0.1) is 5.41 Å². The Hall–Kier alpha value is -0.860. The molecule has 0 atom stereocenters. The summed E-state index contributed by atoms with van der Waals surface area (Å²) in [7, 11) is 1.32. The van der Waals surface area contributed by atoms with E-state index in [-0.39, 0.29) is 12.4 Å². The molecule has 0 unspecified atom stereocenters. The highest BCUT2D eigenvalue weighted by Crippen LogP contribution is 1.90. The summed E-state index contributed by atoms with van der Waals surface area (Å²) in [6.45, 7) is 1.84. The molecule has 0 aliphatic carbocycles. The number of ether oxygens (including phenoxy) is 1. The lowest BCUT2D eigenvalue weighted by Crippen LogP contribution is -2.06. The first-order chi connectivity index (χ1) is 4.20. The minimum absolute atomic E-state index is 0.132. The second-order valence-corrected chi connectivity index (χ2v) is 1.71. The van der Waals surface area contributed by atoms with E-state index in [1.165, 1.54) is 7.11 Å². The molecule has 0 aromatic rings. The van der Waals surface area contributed by atoms with Crippen molar-refractivity contribution in [1.29, 1.82) is 5.41 Å². The van der Waals surface area contributed by atoms with E-state index in [2.05, 4.69) is 4.74 Å². The van der Waals surface area contributed by atoms with Gasteiger partial charge in [0.2, 0.25) is 0 Å². The van der Waals surface area contributed by atoms with Crippen LogP contribution in [-0.2, 0) is 9.53 Å². The van der Waals surface area contributed by atoms with E-state index in [0.717, 1.165) is 0 Å². The van der Waals surface area contributed by atoms with Crippen LogP contribution in [0.4, 0.5) is 0 Å². The van der Waals surface area contributed by atoms with Crippen molar-refractivity contribution < 1.29 is 9.53 Å².